The minimum absolute atomic E-state index is 0.0433. The molecule has 1 aromatic rings. The van der Waals surface area contributed by atoms with Gasteiger partial charge < -0.3 is 16.2 Å². The molecule has 0 heterocycles. The van der Waals surface area contributed by atoms with Crippen molar-refractivity contribution in [3.05, 3.63) is 29.8 Å². The van der Waals surface area contributed by atoms with Gasteiger partial charge in [-0.15, -0.1) is 0 Å². The van der Waals surface area contributed by atoms with E-state index in [1.807, 2.05) is 31.2 Å². The third kappa shape index (κ3) is 3.97. The van der Waals surface area contributed by atoms with E-state index in [0.717, 1.165) is 31.2 Å². The van der Waals surface area contributed by atoms with Crippen molar-refractivity contribution in [2.75, 3.05) is 12.3 Å². The van der Waals surface area contributed by atoms with Crippen LogP contribution in [0.4, 0.5) is 5.69 Å². The summed E-state index contributed by atoms with van der Waals surface area (Å²) in [6.07, 6.45) is 3.55. The molecule has 4 heteroatoms. The summed E-state index contributed by atoms with van der Waals surface area (Å²) in [5.41, 5.74) is 7.37. The number of amides is 1. The number of nitrogen functional groups attached to an aromatic ring is 1. The number of rotatable bonds is 4. The van der Waals surface area contributed by atoms with Gasteiger partial charge in [-0.05, 0) is 56.2 Å². The number of aliphatic hydroxyl groups is 1. The van der Waals surface area contributed by atoms with Gasteiger partial charge >= 0.3 is 0 Å². The molecule has 0 aliphatic heterocycles. The SMILES string of the molecule is CC(C(=O)NCC1CCC(O)CC1)c1cccc(N)c1. The maximum Gasteiger partial charge on any atom is 0.227 e. The van der Waals surface area contributed by atoms with E-state index in [1.165, 1.54) is 0 Å². The summed E-state index contributed by atoms with van der Waals surface area (Å²) in [7, 11) is 0. The van der Waals surface area contributed by atoms with Crippen molar-refractivity contribution in [2.24, 2.45) is 5.92 Å². The lowest BCUT2D eigenvalue weighted by Gasteiger charge is -2.26. The number of aliphatic hydroxyl groups excluding tert-OH is 1. The molecule has 1 aliphatic carbocycles. The molecule has 1 aromatic carbocycles. The Morgan fingerprint density at radius 2 is 2.10 bits per heavy atom. The summed E-state index contributed by atoms with van der Waals surface area (Å²) in [4.78, 5) is 12.2. The summed E-state index contributed by atoms with van der Waals surface area (Å²) in [6.45, 7) is 2.60. The van der Waals surface area contributed by atoms with E-state index in [9.17, 15) is 9.90 Å². The summed E-state index contributed by atoms with van der Waals surface area (Å²) in [5, 5.41) is 12.5. The predicted molar refractivity (Wildman–Crippen MR) is 80.2 cm³/mol. The number of carbonyl (C=O) groups excluding carboxylic acids is 1. The van der Waals surface area contributed by atoms with Crippen LogP contribution in [-0.4, -0.2) is 23.7 Å². The molecule has 0 bridgehead atoms. The topological polar surface area (TPSA) is 75.3 Å². The van der Waals surface area contributed by atoms with Gasteiger partial charge in [-0.3, -0.25) is 4.79 Å². The molecule has 4 N–H and O–H groups in total. The zero-order valence-electron chi connectivity index (χ0n) is 12.0. The van der Waals surface area contributed by atoms with Gasteiger partial charge in [0.2, 0.25) is 5.91 Å². The predicted octanol–water partition coefficient (Wildman–Crippen LogP) is 2.04. The van der Waals surface area contributed by atoms with Gasteiger partial charge in [0.1, 0.15) is 0 Å². The highest BCUT2D eigenvalue weighted by Crippen LogP contribution is 2.24. The fourth-order valence-corrected chi connectivity index (χ4v) is 2.73. The van der Waals surface area contributed by atoms with Crippen molar-refractivity contribution >= 4 is 11.6 Å². The summed E-state index contributed by atoms with van der Waals surface area (Å²) in [5.74, 6) is 0.352. The number of nitrogens with one attached hydrogen (secondary N) is 1. The lowest BCUT2D eigenvalue weighted by Crippen LogP contribution is -2.34. The molecular formula is C16H24N2O2. The molecule has 1 aliphatic rings. The average Bonchev–Trinajstić information content (AvgIpc) is 2.45. The molecule has 1 unspecified atom stereocenters. The van der Waals surface area contributed by atoms with Crippen LogP contribution < -0.4 is 11.1 Å². The van der Waals surface area contributed by atoms with Crippen LogP contribution in [0.1, 0.15) is 44.1 Å². The maximum absolute atomic E-state index is 12.2. The number of benzene rings is 1. The Labute approximate surface area is 120 Å². The Bertz CT molecular complexity index is 454. The number of nitrogens with two attached hydrogens (primary N) is 1. The zero-order valence-corrected chi connectivity index (χ0v) is 12.0. The lowest BCUT2D eigenvalue weighted by molar-refractivity contribution is -0.122. The van der Waals surface area contributed by atoms with Gasteiger partial charge in [-0.25, -0.2) is 0 Å². The second-order valence-electron chi connectivity index (χ2n) is 5.81. The molecule has 1 amide bonds. The first-order valence-corrected chi connectivity index (χ1v) is 7.37. The standard InChI is InChI=1S/C16H24N2O2/c1-11(13-3-2-4-14(17)9-13)16(20)18-10-12-5-7-15(19)8-6-12/h2-4,9,11-12,15,19H,5-8,10,17H2,1H3,(H,18,20). The molecule has 2 rings (SSSR count). The van der Waals surface area contributed by atoms with E-state index in [-0.39, 0.29) is 17.9 Å². The molecule has 0 radical (unpaired) electrons. The maximum atomic E-state index is 12.2. The largest absolute Gasteiger partial charge is 0.399 e. The van der Waals surface area contributed by atoms with Crippen molar-refractivity contribution in [3.63, 3.8) is 0 Å². The lowest BCUT2D eigenvalue weighted by atomic mass is 9.87. The Morgan fingerprint density at radius 1 is 1.40 bits per heavy atom. The summed E-state index contributed by atoms with van der Waals surface area (Å²) >= 11 is 0. The minimum Gasteiger partial charge on any atom is -0.399 e. The number of hydrogen-bond donors (Lipinski definition) is 3. The number of anilines is 1. The van der Waals surface area contributed by atoms with E-state index < -0.39 is 0 Å². The van der Waals surface area contributed by atoms with E-state index >= 15 is 0 Å². The Hall–Kier alpha value is -1.55. The van der Waals surface area contributed by atoms with Gasteiger partial charge in [0.25, 0.3) is 0 Å². The summed E-state index contributed by atoms with van der Waals surface area (Å²) < 4.78 is 0. The first-order valence-electron chi connectivity index (χ1n) is 7.37. The normalized spacial score (nSPS) is 24.1. The number of carbonyl (C=O) groups is 1. The molecular weight excluding hydrogens is 252 g/mol. The van der Waals surface area contributed by atoms with Gasteiger partial charge in [0.15, 0.2) is 0 Å². The second kappa shape index (κ2) is 6.75. The van der Waals surface area contributed by atoms with Crippen LogP contribution in [0.3, 0.4) is 0 Å². The Balaban J connectivity index is 1.82. The van der Waals surface area contributed by atoms with Crippen LogP contribution in [0.15, 0.2) is 24.3 Å². The third-order valence-electron chi connectivity index (χ3n) is 4.19. The van der Waals surface area contributed by atoms with E-state index in [2.05, 4.69) is 5.32 Å². The van der Waals surface area contributed by atoms with Crippen LogP contribution in [0.2, 0.25) is 0 Å². The molecule has 0 spiro atoms. The second-order valence-corrected chi connectivity index (χ2v) is 5.81. The van der Waals surface area contributed by atoms with Crippen LogP contribution in [0, 0.1) is 5.92 Å². The van der Waals surface area contributed by atoms with Crippen LogP contribution in [0.25, 0.3) is 0 Å². The van der Waals surface area contributed by atoms with E-state index in [1.54, 1.807) is 0 Å². The Morgan fingerprint density at radius 3 is 2.75 bits per heavy atom. The van der Waals surface area contributed by atoms with Crippen molar-refractivity contribution in [1.82, 2.24) is 5.32 Å². The molecule has 20 heavy (non-hydrogen) atoms. The first kappa shape index (κ1) is 14.9. The van der Waals surface area contributed by atoms with Gasteiger partial charge in [-0.2, -0.15) is 0 Å². The van der Waals surface area contributed by atoms with Gasteiger partial charge in [0, 0.05) is 12.2 Å². The van der Waals surface area contributed by atoms with Crippen LogP contribution in [-0.2, 0) is 4.79 Å². The summed E-state index contributed by atoms with van der Waals surface area (Å²) in [6, 6.07) is 7.47. The smallest absolute Gasteiger partial charge is 0.227 e. The fourth-order valence-electron chi connectivity index (χ4n) is 2.73. The van der Waals surface area contributed by atoms with Crippen molar-refractivity contribution < 1.29 is 9.90 Å². The molecule has 1 fully saturated rings. The highest BCUT2D eigenvalue weighted by Gasteiger charge is 2.21. The van der Waals surface area contributed by atoms with Crippen LogP contribution in [0.5, 0.6) is 0 Å². The molecule has 4 nitrogen and oxygen atoms in total. The van der Waals surface area contributed by atoms with Gasteiger partial charge in [0.05, 0.1) is 12.0 Å². The quantitative estimate of drug-likeness (QED) is 0.737. The van der Waals surface area contributed by atoms with E-state index in [4.69, 9.17) is 5.73 Å². The number of hydrogen-bond acceptors (Lipinski definition) is 3. The zero-order chi connectivity index (χ0) is 14.5. The molecule has 1 saturated carbocycles. The van der Waals surface area contributed by atoms with Gasteiger partial charge in [-0.1, -0.05) is 12.1 Å². The van der Waals surface area contributed by atoms with E-state index in [0.29, 0.717) is 18.2 Å². The Kier molecular flexibility index (Phi) is 5.01. The van der Waals surface area contributed by atoms with Crippen molar-refractivity contribution in [1.29, 1.82) is 0 Å². The minimum atomic E-state index is -0.187. The van der Waals surface area contributed by atoms with Crippen molar-refractivity contribution in [2.45, 2.75) is 44.6 Å². The molecule has 1 atom stereocenters. The monoisotopic (exact) mass is 276 g/mol. The third-order valence-corrected chi connectivity index (χ3v) is 4.19. The molecule has 0 saturated heterocycles. The average molecular weight is 276 g/mol. The first-order chi connectivity index (χ1) is 9.56. The fraction of sp³-hybridized carbons (Fsp3) is 0.562. The van der Waals surface area contributed by atoms with Crippen LogP contribution >= 0.6 is 0 Å². The highest BCUT2D eigenvalue weighted by atomic mass is 16.3. The van der Waals surface area contributed by atoms with Crippen molar-refractivity contribution in [3.8, 4) is 0 Å². The molecule has 0 aromatic heterocycles. The highest BCUT2D eigenvalue weighted by molar-refractivity contribution is 5.83. The molecule has 110 valence electrons.